The fraction of sp³-hybridized carbons (Fsp3) is 0.833. The van der Waals surface area contributed by atoms with E-state index in [9.17, 15) is 83.4 Å². The average molecular weight is 558 g/mol. The normalized spacial score (nSPS) is 18.9. The van der Waals surface area contributed by atoms with Crippen LogP contribution in [0, 0.1) is 0 Å². The molecule has 0 aliphatic carbocycles. The Morgan fingerprint density at radius 3 is 1.09 bits per heavy atom. The third-order valence-electron chi connectivity index (χ3n) is 3.12. The number of halogens is 19. The van der Waals surface area contributed by atoms with E-state index < -0.39 is 61.1 Å². The van der Waals surface area contributed by atoms with Crippen molar-refractivity contribution in [2.75, 3.05) is 6.61 Å². The van der Waals surface area contributed by atoms with E-state index in [-0.39, 0.29) is 6.08 Å². The first kappa shape index (κ1) is 32.3. The Hall–Kier alpha value is -1.71. The Kier molecular flexibility index (Phi) is 8.31. The van der Waals surface area contributed by atoms with E-state index in [0.29, 0.717) is 0 Å². The Morgan fingerprint density at radius 1 is 0.471 bits per heavy atom. The second kappa shape index (κ2) is 8.75. The van der Waals surface area contributed by atoms with Gasteiger partial charge in [-0.05, 0) is 0 Å². The van der Waals surface area contributed by atoms with E-state index in [2.05, 4.69) is 11.3 Å². The summed E-state index contributed by atoms with van der Waals surface area (Å²) in [4.78, 5) is 0. The first-order chi connectivity index (χ1) is 14.5. The van der Waals surface area contributed by atoms with Crippen LogP contribution in [-0.4, -0.2) is 61.1 Å². The van der Waals surface area contributed by atoms with Crippen LogP contribution in [0.3, 0.4) is 0 Å². The van der Waals surface area contributed by atoms with Crippen LogP contribution in [0.1, 0.15) is 0 Å². The van der Waals surface area contributed by atoms with Gasteiger partial charge in [0.2, 0.25) is 0 Å². The zero-order valence-electron chi connectivity index (χ0n) is 14.9. The molecule has 0 N–H and O–H groups in total. The van der Waals surface area contributed by atoms with E-state index >= 15 is 0 Å². The molecule has 0 spiro atoms. The largest absolute Gasteiger partial charge is 0.462 e. The average Bonchev–Trinajstić information content (AvgIpc) is 2.55. The van der Waals surface area contributed by atoms with E-state index in [4.69, 9.17) is 0 Å². The maximum Gasteiger partial charge on any atom is 0.462 e. The summed E-state index contributed by atoms with van der Waals surface area (Å²) >= 11 is 0. The number of hydrogen-bond donors (Lipinski definition) is 0. The van der Waals surface area contributed by atoms with Crippen LogP contribution in [0.25, 0.3) is 0 Å². The third kappa shape index (κ3) is 5.41. The van der Waals surface area contributed by atoms with Crippen LogP contribution in [0.2, 0.25) is 0 Å². The lowest BCUT2D eigenvalue weighted by Crippen LogP contribution is -2.69. The van der Waals surface area contributed by atoms with Gasteiger partial charge in [-0.3, -0.25) is 9.47 Å². The molecule has 34 heavy (non-hydrogen) atoms. The van der Waals surface area contributed by atoms with Crippen molar-refractivity contribution in [3.8, 4) is 0 Å². The fourth-order valence-electron chi connectivity index (χ4n) is 1.47. The van der Waals surface area contributed by atoms with Gasteiger partial charge in [0.15, 0.2) is 0 Å². The van der Waals surface area contributed by atoms with Gasteiger partial charge in [-0.25, -0.2) is 0 Å². The molecule has 0 aromatic heterocycles. The summed E-state index contributed by atoms with van der Waals surface area (Å²) in [6.07, 6.45) is -46.5. The molecule has 2 atom stereocenters. The Labute approximate surface area is 173 Å². The third-order valence-corrected chi connectivity index (χ3v) is 3.12. The van der Waals surface area contributed by atoms with Gasteiger partial charge in [0.25, 0.3) is 0 Å². The lowest BCUT2D eigenvalue weighted by atomic mass is 10.2. The smallest absolute Gasteiger partial charge is 0.311 e. The zero-order chi connectivity index (χ0) is 28.0. The molecule has 0 heterocycles. The van der Waals surface area contributed by atoms with Crippen LogP contribution in [0.15, 0.2) is 12.7 Å². The lowest BCUT2D eigenvalue weighted by Gasteiger charge is -2.41. The summed E-state index contributed by atoms with van der Waals surface area (Å²) in [7, 11) is 0. The van der Waals surface area contributed by atoms with Gasteiger partial charge in [0, 0.05) is 0 Å². The molecular formula is C12H5F19O3. The van der Waals surface area contributed by atoms with Crippen LogP contribution in [0.5, 0.6) is 0 Å². The molecule has 2 unspecified atom stereocenters. The van der Waals surface area contributed by atoms with E-state index in [1.807, 2.05) is 0 Å². The zero-order valence-corrected chi connectivity index (χ0v) is 14.9. The van der Waals surface area contributed by atoms with Gasteiger partial charge in [-0.2, -0.15) is 83.4 Å². The second-order valence-electron chi connectivity index (χ2n) is 5.61. The van der Waals surface area contributed by atoms with Crippen LogP contribution < -0.4 is 0 Å². The Bertz CT molecular complexity index is 722. The quantitative estimate of drug-likeness (QED) is 0.222. The summed E-state index contributed by atoms with van der Waals surface area (Å²) < 4.78 is 250. The SMILES string of the molecule is C=CCOC(F)(F)C(F)(OC(F)(F)C(F)(OC(F)(F)C(F)(F)C(F)(F)F)C(F)(F)F)C(F)(F)F. The molecule has 0 aromatic rings. The summed E-state index contributed by atoms with van der Waals surface area (Å²) in [5, 5.41) is 0. The van der Waals surface area contributed by atoms with Gasteiger partial charge in [0.05, 0.1) is 6.61 Å². The standard InChI is InChI=1S/C12H5F19O3/c1-2-3-32-11(28,29)5(15,8(20,21)22)34-12(30,31)6(16,9(23,24)25)33-10(26,27)4(13,14)7(17,18)19/h2H,1,3H2. The van der Waals surface area contributed by atoms with Gasteiger partial charge in [-0.1, -0.05) is 6.08 Å². The molecule has 204 valence electrons. The highest BCUT2D eigenvalue weighted by atomic mass is 19.4. The van der Waals surface area contributed by atoms with Crippen molar-refractivity contribution in [2.24, 2.45) is 0 Å². The first-order valence-electron chi connectivity index (χ1n) is 7.22. The summed E-state index contributed by atoms with van der Waals surface area (Å²) in [5.74, 6) is -23.8. The summed E-state index contributed by atoms with van der Waals surface area (Å²) in [5.41, 5.74) is 0. The topological polar surface area (TPSA) is 27.7 Å². The first-order valence-corrected chi connectivity index (χ1v) is 7.22. The van der Waals surface area contributed by atoms with Gasteiger partial charge in [0.1, 0.15) is 0 Å². The summed E-state index contributed by atoms with van der Waals surface area (Å²) in [6, 6.07) is 0. The minimum atomic E-state index is -8.25. The van der Waals surface area contributed by atoms with Crippen molar-refractivity contribution in [3.63, 3.8) is 0 Å². The van der Waals surface area contributed by atoms with E-state index in [1.54, 1.807) is 0 Å². The molecule has 0 aliphatic rings. The van der Waals surface area contributed by atoms with Crippen molar-refractivity contribution in [3.05, 3.63) is 12.7 Å². The molecule has 0 aromatic carbocycles. The fourth-order valence-corrected chi connectivity index (χ4v) is 1.47. The molecule has 0 bridgehead atoms. The predicted molar refractivity (Wildman–Crippen MR) is 63.9 cm³/mol. The van der Waals surface area contributed by atoms with E-state index in [1.165, 1.54) is 9.47 Å². The van der Waals surface area contributed by atoms with Crippen LogP contribution in [0.4, 0.5) is 83.4 Å². The van der Waals surface area contributed by atoms with Gasteiger partial charge < -0.3 is 4.74 Å². The molecule has 22 heteroatoms. The monoisotopic (exact) mass is 558 g/mol. The molecule has 0 amide bonds. The van der Waals surface area contributed by atoms with Crippen LogP contribution in [-0.2, 0) is 14.2 Å². The second-order valence-corrected chi connectivity index (χ2v) is 5.61. The summed E-state index contributed by atoms with van der Waals surface area (Å²) in [6.45, 7) is 0.591. The van der Waals surface area contributed by atoms with Gasteiger partial charge in [-0.15, -0.1) is 6.58 Å². The molecular weight excluding hydrogens is 553 g/mol. The minimum Gasteiger partial charge on any atom is -0.311 e. The van der Waals surface area contributed by atoms with Crippen molar-refractivity contribution >= 4 is 0 Å². The van der Waals surface area contributed by atoms with Crippen molar-refractivity contribution in [1.29, 1.82) is 0 Å². The molecule has 0 rings (SSSR count). The molecule has 0 fully saturated rings. The van der Waals surface area contributed by atoms with Crippen molar-refractivity contribution < 1.29 is 97.6 Å². The highest BCUT2D eigenvalue weighted by Gasteiger charge is 2.87. The maximum absolute atomic E-state index is 13.8. The Morgan fingerprint density at radius 2 is 0.794 bits per heavy atom. The molecule has 0 saturated heterocycles. The van der Waals surface area contributed by atoms with E-state index in [0.717, 1.165) is 0 Å². The van der Waals surface area contributed by atoms with Gasteiger partial charge >= 0.3 is 54.5 Å². The predicted octanol–water partition coefficient (Wildman–Crippen LogP) is 6.65. The highest BCUT2D eigenvalue weighted by Crippen LogP contribution is 2.58. The highest BCUT2D eigenvalue weighted by molar-refractivity contribution is 4.96. The number of hydrogen-bond acceptors (Lipinski definition) is 3. The molecule has 0 radical (unpaired) electrons. The maximum atomic E-state index is 13.8. The molecule has 0 aliphatic heterocycles. The number of ether oxygens (including phenoxy) is 3. The minimum absolute atomic E-state index is 0.0564. The van der Waals surface area contributed by atoms with Crippen molar-refractivity contribution in [1.82, 2.24) is 0 Å². The molecule has 3 nitrogen and oxygen atoms in total. The van der Waals surface area contributed by atoms with Crippen molar-refractivity contribution in [2.45, 2.75) is 54.5 Å². The van der Waals surface area contributed by atoms with Crippen LogP contribution >= 0.6 is 0 Å². The Balaban J connectivity index is 6.85. The molecule has 0 saturated carbocycles. The number of rotatable bonds is 10. The number of alkyl halides is 19. The lowest BCUT2D eigenvalue weighted by molar-refractivity contribution is -0.571.